The highest BCUT2D eigenvalue weighted by Gasteiger charge is 2.18. The first kappa shape index (κ1) is 21.8. The topological polar surface area (TPSA) is 128 Å². The summed E-state index contributed by atoms with van der Waals surface area (Å²) in [6, 6.07) is 6.06. The number of ether oxygens (including phenoxy) is 1. The third-order valence-electron chi connectivity index (χ3n) is 5.36. The lowest BCUT2D eigenvalue weighted by molar-refractivity contribution is 0.166. The van der Waals surface area contributed by atoms with E-state index in [0.717, 1.165) is 39.0 Å². The maximum Gasteiger partial charge on any atom is 0.217 e. The molecule has 32 heavy (non-hydrogen) atoms. The van der Waals surface area contributed by atoms with Crippen molar-refractivity contribution < 1.29 is 9.84 Å². The summed E-state index contributed by atoms with van der Waals surface area (Å²) >= 11 is 0. The second-order valence-corrected chi connectivity index (χ2v) is 8.09. The quantitative estimate of drug-likeness (QED) is 0.489. The van der Waals surface area contributed by atoms with Crippen molar-refractivity contribution in [2.24, 2.45) is 10.7 Å². The minimum absolute atomic E-state index is 0.0239. The van der Waals surface area contributed by atoms with Gasteiger partial charge in [0.25, 0.3) is 0 Å². The van der Waals surface area contributed by atoms with E-state index in [4.69, 9.17) is 10.5 Å². The number of allylic oxidation sites excluding steroid dienone is 2. The summed E-state index contributed by atoms with van der Waals surface area (Å²) in [5.41, 5.74) is 12.2. The molecule has 0 unspecified atom stereocenters. The number of aliphatic hydroxyl groups excluding tert-OH is 1. The number of nitrogens with two attached hydrogens (primary N) is 1. The van der Waals surface area contributed by atoms with Crippen LogP contribution in [-0.2, 0) is 0 Å². The maximum atomic E-state index is 9.33. The Balaban J connectivity index is 1.86. The molecule has 0 spiro atoms. The van der Waals surface area contributed by atoms with Crippen molar-refractivity contribution in [3.05, 3.63) is 47.4 Å². The number of H-pyrrole nitrogens is 2. The molecule has 9 heteroatoms. The zero-order valence-electron chi connectivity index (χ0n) is 18.6. The highest BCUT2D eigenvalue weighted by atomic mass is 16.5. The van der Waals surface area contributed by atoms with Crippen molar-refractivity contribution in [3.8, 4) is 17.0 Å². The summed E-state index contributed by atoms with van der Waals surface area (Å²) in [7, 11) is 2.01. The van der Waals surface area contributed by atoms with Crippen molar-refractivity contribution >= 4 is 22.7 Å². The van der Waals surface area contributed by atoms with Crippen molar-refractivity contribution in [2.45, 2.75) is 20.0 Å². The van der Waals surface area contributed by atoms with Gasteiger partial charge in [-0.1, -0.05) is 6.07 Å². The fourth-order valence-corrected chi connectivity index (χ4v) is 3.92. The average Bonchev–Trinajstić information content (AvgIpc) is 3.37. The summed E-state index contributed by atoms with van der Waals surface area (Å²) in [4.78, 5) is 6.74. The van der Waals surface area contributed by atoms with E-state index in [-0.39, 0.29) is 12.7 Å². The minimum atomic E-state index is -0.0985. The molecule has 168 valence electrons. The number of aromatic nitrogens is 4. The van der Waals surface area contributed by atoms with Crippen molar-refractivity contribution in [3.63, 3.8) is 0 Å². The molecule has 0 amide bonds. The van der Waals surface area contributed by atoms with E-state index in [9.17, 15) is 5.11 Å². The van der Waals surface area contributed by atoms with E-state index in [2.05, 4.69) is 36.4 Å². The van der Waals surface area contributed by atoms with Crippen LogP contribution in [0.2, 0.25) is 0 Å². The van der Waals surface area contributed by atoms with Crippen LogP contribution in [0.3, 0.4) is 0 Å². The third-order valence-corrected chi connectivity index (χ3v) is 5.36. The summed E-state index contributed by atoms with van der Waals surface area (Å²) in [5.74, 6) is 0.633. The lowest BCUT2D eigenvalue weighted by Gasteiger charge is -2.23. The Morgan fingerprint density at radius 1 is 1.34 bits per heavy atom. The van der Waals surface area contributed by atoms with Crippen LogP contribution in [0, 0.1) is 0 Å². The van der Waals surface area contributed by atoms with Crippen LogP contribution in [0.5, 0.6) is 5.88 Å². The van der Waals surface area contributed by atoms with Crippen molar-refractivity contribution in [2.75, 3.05) is 33.3 Å². The molecule has 1 aromatic carbocycles. The standard InChI is InChI=1S/C23H29N7O2/c1-14-12-30(3)13-22(25-8-9-31)17(15(2)24)5-7-21-18-10-16(4-6-20(18)27-28-21)19-11-26-29-23(19)32-14/h4-7,10-11,14,31H,8-9,12-13,24H2,1-3H3,(H,26,29)(H,27,28)/b7-5+,17-15-,25-22?/t14-/m0/s1. The summed E-state index contributed by atoms with van der Waals surface area (Å²) in [6.07, 6.45) is 5.60. The van der Waals surface area contributed by atoms with E-state index < -0.39 is 0 Å². The molecule has 2 bridgehead atoms. The first-order valence-electron chi connectivity index (χ1n) is 10.6. The zero-order valence-corrected chi connectivity index (χ0v) is 18.6. The van der Waals surface area contributed by atoms with Gasteiger partial charge < -0.3 is 15.6 Å². The maximum absolute atomic E-state index is 9.33. The SMILES string of the molecule is C/C(N)=C1\C=C\c2[nH]nc3ccc(cc23)-c2cn[nH]c2O[C@@H](C)CN(C)CC1=NCCO. The van der Waals surface area contributed by atoms with Gasteiger partial charge in [0.15, 0.2) is 0 Å². The number of likely N-dealkylation sites (N-methyl/N-ethyl adjacent to an activating group) is 1. The Hall–Kier alpha value is -3.43. The molecular formula is C23H29N7O2. The molecule has 9 nitrogen and oxygen atoms in total. The van der Waals surface area contributed by atoms with E-state index in [0.29, 0.717) is 31.2 Å². The van der Waals surface area contributed by atoms with Gasteiger partial charge in [0.2, 0.25) is 5.88 Å². The molecule has 0 aliphatic carbocycles. The summed E-state index contributed by atoms with van der Waals surface area (Å²) in [5, 5.41) is 25.0. The number of nitrogens with one attached hydrogen (secondary N) is 2. The van der Waals surface area contributed by atoms with Crippen LogP contribution >= 0.6 is 0 Å². The van der Waals surface area contributed by atoms with Gasteiger partial charge in [-0.2, -0.15) is 10.2 Å². The van der Waals surface area contributed by atoms with Crippen LogP contribution in [-0.4, -0.2) is 75.5 Å². The van der Waals surface area contributed by atoms with Crippen molar-refractivity contribution in [1.29, 1.82) is 0 Å². The zero-order chi connectivity index (χ0) is 22.7. The number of benzene rings is 1. The molecule has 0 radical (unpaired) electrons. The molecule has 0 saturated heterocycles. The fraction of sp³-hybridized carbons (Fsp3) is 0.348. The number of fused-ring (bicyclic) bond motifs is 3. The van der Waals surface area contributed by atoms with Crippen LogP contribution in [0.1, 0.15) is 19.5 Å². The van der Waals surface area contributed by atoms with Crippen LogP contribution in [0.15, 0.2) is 46.7 Å². The number of rotatable bonds is 2. The van der Waals surface area contributed by atoms with Gasteiger partial charge >= 0.3 is 0 Å². The lowest BCUT2D eigenvalue weighted by atomic mass is 10.0. The third kappa shape index (κ3) is 4.58. The molecule has 1 aliphatic rings. The van der Waals surface area contributed by atoms with Crippen LogP contribution < -0.4 is 10.5 Å². The monoisotopic (exact) mass is 435 g/mol. The first-order chi connectivity index (χ1) is 15.5. The summed E-state index contributed by atoms with van der Waals surface area (Å²) in [6.45, 7) is 5.39. The average molecular weight is 436 g/mol. The first-order valence-corrected chi connectivity index (χ1v) is 10.6. The molecule has 4 rings (SSSR count). The molecule has 0 fully saturated rings. The second-order valence-electron chi connectivity index (χ2n) is 8.09. The number of aliphatic imine (C=N–C) groups is 1. The Morgan fingerprint density at radius 3 is 2.97 bits per heavy atom. The second kappa shape index (κ2) is 9.37. The Bertz CT molecular complexity index is 1180. The Kier molecular flexibility index (Phi) is 6.38. The summed E-state index contributed by atoms with van der Waals surface area (Å²) < 4.78 is 6.21. The fourth-order valence-electron chi connectivity index (χ4n) is 3.92. The Labute approximate surface area is 186 Å². The predicted molar refractivity (Wildman–Crippen MR) is 127 cm³/mol. The van der Waals surface area contributed by atoms with Gasteiger partial charge in [-0.25, -0.2) is 5.10 Å². The molecule has 3 aromatic rings. The molecule has 3 heterocycles. The normalized spacial score (nSPS) is 21.8. The molecule has 1 atom stereocenters. The van der Waals surface area contributed by atoms with Crippen molar-refractivity contribution in [1.82, 2.24) is 25.3 Å². The highest BCUT2D eigenvalue weighted by molar-refractivity contribution is 6.05. The van der Waals surface area contributed by atoms with Crippen LogP contribution in [0.25, 0.3) is 28.1 Å². The Morgan fingerprint density at radius 2 is 2.19 bits per heavy atom. The van der Waals surface area contributed by atoms with Gasteiger partial charge in [0, 0.05) is 29.7 Å². The van der Waals surface area contributed by atoms with E-state index >= 15 is 0 Å². The van der Waals surface area contributed by atoms with Gasteiger partial charge in [-0.15, -0.1) is 0 Å². The molecule has 1 aliphatic heterocycles. The molecular weight excluding hydrogens is 406 g/mol. The van der Waals surface area contributed by atoms with Crippen LogP contribution in [0.4, 0.5) is 0 Å². The minimum Gasteiger partial charge on any atom is -0.473 e. The molecule has 0 saturated carbocycles. The smallest absolute Gasteiger partial charge is 0.217 e. The van der Waals surface area contributed by atoms with Gasteiger partial charge in [0.1, 0.15) is 6.10 Å². The molecule has 2 aromatic heterocycles. The van der Waals surface area contributed by atoms with E-state index in [1.807, 2.05) is 45.2 Å². The van der Waals surface area contributed by atoms with E-state index in [1.165, 1.54) is 0 Å². The van der Waals surface area contributed by atoms with Gasteiger partial charge in [-0.05, 0) is 50.7 Å². The highest BCUT2D eigenvalue weighted by Crippen LogP contribution is 2.32. The predicted octanol–water partition coefficient (Wildman–Crippen LogP) is 2.34. The van der Waals surface area contributed by atoms with Gasteiger partial charge in [-0.3, -0.25) is 15.0 Å². The van der Waals surface area contributed by atoms with Gasteiger partial charge in [0.05, 0.1) is 41.8 Å². The number of aliphatic hydroxyl groups is 1. The lowest BCUT2D eigenvalue weighted by Crippen LogP contribution is -2.35. The number of aromatic amines is 2. The number of nitrogens with zero attached hydrogens (tertiary/aromatic N) is 4. The largest absolute Gasteiger partial charge is 0.473 e. The number of hydrogen-bond donors (Lipinski definition) is 4. The molecule has 5 N–H and O–H groups in total. The van der Waals surface area contributed by atoms with E-state index in [1.54, 1.807) is 6.20 Å². The number of hydrogen-bond acceptors (Lipinski definition) is 7.